The summed E-state index contributed by atoms with van der Waals surface area (Å²) >= 11 is 6.23. The van der Waals surface area contributed by atoms with Gasteiger partial charge in [0.2, 0.25) is 11.9 Å². The molecule has 0 amide bonds. The van der Waals surface area contributed by atoms with Gasteiger partial charge >= 0.3 is 0 Å². The second kappa shape index (κ2) is 5.06. The minimum Gasteiger partial charge on any atom is -0.368 e. The number of benzene rings is 1. The van der Waals surface area contributed by atoms with Crippen molar-refractivity contribution in [3.63, 3.8) is 0 Å². The van der Waals surface area contributed by atoms with Crippen molar-refractivity contribution < 1.29 is 0 Å². The molecule has 0 atom stereocenters. The lowest BCUT2D eigenvalue weighted by atomic mass is 9.97. The largest absolute Gasteiger partial charge is 0.368 e. The normalized spacial score (nSPS) is 11.0. The van der Waals surface area contributed by atoms with Crippen molar-refractivity contribution in [3.8, 4) is 17.5 Å². The van der Waals surface area contributed by atoms with Crippen LogP contribution >= 0.6 is 11.6 Å². The Labute approximate surface area is 122 Å². The molecule has 0 fully saturated rings. The molecule has 0 aliphatic rings. The number of aromatic nitrogens is 3. The molecule has 0 spiro atoms. The van der Waals surface area contributed by atoms with Gasteiger partial charge in [-0.2, -0.15) is 9.67 Å². The third-order valence-electron chi connectivity index (χ3n) is 2.42. The van der Waals surface area contributed by atoms with Crippen LogP contribution in [0.1, 0.15) is 26.3 Å². The second-order valence-corrected chi connectivity index (χ2v) is 5.81. The highest BCUT2D eigenvalue weighted by atomic mass is 35.5. The van der Waals surface area contributed by atoms with Gasteiger partial charge in [-0.05, 0) is 39.0 Å². The van der Waals surface area contributed by atoms with Crippen molar-refractivity contribution in [3.05, 3.63) is 28.8 Å². The molecule has 6 heteroatoms. The van der Waals surface area contributed by atoms with Crippen molar-refractivity contribution in [1.82, 2.24) is 14.8 Å². The lowest BCUT2D eigenvalue weighted by Gasteiger charge is -2.08. The number of nitrogen functional groups attached to an aromatic ring is 2. The lowest BCUT2D eigenvalue weighted by Crippen LogP contribution is -2.03. The van der Waals surface area contributed by atoms with Crippen LogP contribution in [0, 0.1) is 17.3 Å². The molecule has 20 heavy (non-hydrogen) atoms. The number of hydrogen-bond acceptors (Lipinski definition) is 4. The zero-order valence-electron chi connectivity index (χ0n) is 11.6. The van der Waals surface area contributed by atoms with E-state index in [0.29, 0.717) is 10.7 Å². The molecule has 0 aliphatic carbocycles. The predicted molar refractivity (Wildman–Crippen MR) is 81.5 cm³/mol. The summed E-state index contributed by atoms with van der Waals surface area (Å²) in [7, 11) is 0. The maximum Gasteiger partial charge on any atom is 0.241 e. The average molecular weight is 290 g/mol. The molecular weight excluding hydrogens is 274 g/mol. The topological polar surface area (TPSA) is 82.8 Å². The predicted octanol–water partition coefficient (Wildman–Crippen LogP) is 2.48. The first-order valence-electron chi connectivity index (χ1n) is 6.07. The van der Waals surface area contributed by atoms with Gasteiger partial charge in [0.25, 0.3) is 0 Å². The van der Waals surface area contributed by atoms with E-state index in [1.807, 2.05) is 32.9 Å². The minimum atomic E-state index is -0.0766. The summed E-state index contributed by atoms with van der Waals surface area (Å²) in [6.45, 7) is 6.13. The number of halogens is 1. The van der Waals surface area contributed by atoms with Gasteiger partial charge in [0, 0.05) is 11.0 Å². The molecule has 0 aliphatic heterocycles. The summed E-state index contributed by atoms with van der Waals surface area (Å²) in [4.78, 5) is 3.84. The Bertz CT molecular complexity index is 701. The standard InChI is InChI=1S/C14H16ClN5/c1-14(2,3)7-6-9-4-5-10(8-11(9)15)20-13(17)18-12(16)19-20/h4-5,8H,1-3H3,(H4,16,17,18,19). The smallest absolute Gasteiger partial charge is 0.241 e. The molecule has 5 nitrogen and oxygen atoms in total. The molecule has 2 aromatic rings. The number of rotatable bonds is 1. The number of nitrogens with two attached hydrogens (primary N) is 2. The van der Waals surface area contributed by atoms with Gasteiger partial charge < -0.3 is 11.5 Å². The molecule has 1 heterocycles. The first-order valence-corrected chi connectivity index (χ1v) is 6.45. The van der Waals surface area contributed by atoms with E-state index in [-0.39, 0.29) is 17.3 Å². The zero-order valence-corrected chi connectivity index (χ0v) is 12.4. The van der Waals surface area contributed by atoms with E-state index >= 15 is 0 Å². The highest BCUT2D eigenvalue weighted by Crippen LogP contribution is 2.21. The van der Waals surface area contributed by atoms with Crippen molar-refractivity contribution in [1.29, 1.82) is 0 Å². The van der Waals surface area contributed by atoms with Gasteiger partial charge in [-0.15, -0.1) is 5.10 Å². The molecule has 4 N–H and O–H groups in total. The van der Waals surface area contributed by atoms with Crippen molar-refractivity contribution in [2.45, 2.75) is 20.8 Å². The SMILES string of the molecule is CC(C)(C)C#Cc1ccc(-n2nc(N)nc2N)cc1Cl. The zero-order chi connectivity index (χ0) is 14.9. The van der Waals surface area contributed by atoms with Crippen LogP contribution < -0.4 is 11.5 Å². The first-order chi connectivity index (χ1) is 9.26. The van der Waals surface area contributed by atoms with Crippen LogP contribution in [-0.4, -0.2) is 14.8 Å². The summed E-state index contributed by atoms with van der Waals surface area (Å²) in [5.74, 6) is 6.54. The highest BCUT2D eigenvalue weighted by Gasteiger charge is 2.09. The first kappa shape index (κ1) is 14.2. The Kier molecular flexibility index (Phi) is 3.60. The molecule has 0 unspecified atom stereocenters. The molecule has 0 bridgehead atoms. The second-order valence-electron chi connectivity index (χ2n) is 5.40. The fourth-order valence-corrected chi connectivity index (χ4v) is 1.74. The van der Waals surface area contributed by atoms with Crippen LogP contribution in [-0.2, 0) is 0 Å². The Morgan fingerprint density at radius 1 is 1.25 bits per heavy atom. The van der Waals surface area contributed by atoms with E-state index in [1.165, 1.54) is 4.68 Å². The van der Waals surface area contributed by atoms with Gasteiger partial charge in [-0.25, -0.2) is 0 Å². The quantitative estimate of drug-likeness (QED) is 0.790. The van der Waals surface area contributed by atoms with Gasteiger partial charge in [-0.3, -0.25) is 0 Å². The van der Waals surface area contributed by atoms with E-state index in [4.69, 9.17) is 23.1 Å². The summed E-state index contributed by atoms with van der Waals surface area (Å²) in [5, 5.41) is 4.54. The monoisotopic (exact) mass is 289 g/mol. The summed E-state index contributed by atoms with van der Waals surface area (Å²) in [5.41, 5.74) is 12.6. The Morgan fingerprint density at radius 3 is 2.45 bits per heavy atom. The average Bonchev–Trinajstić information content (AvgIpc) is 2.65. The van der Waals surface area contributed by atoms with E-state index in [0.717, 1.165) is 5.56 Å². The third kappa shape index (κ3) is 3.22. The van der Waals surface area contributed by atoms with Crippen LogP contribution in [0.2, 0.25) is 5.02 Å². The molecule has 104 valence electrons. The van der Waals surface area contributed by atoms with Gasteiger partial charge in [0.1, 0.15) is 0 Å². The summed E-state index contributed by atoms with van der Waals surface area (Å²) in [6.07, 6.45) is 0. The van der Waals surface area contributed by atoms with E-state index in [9.17, 15) is 0 Å². The molecule has 1 aromatic carbocycles. The van der Waals surface area contributed by atoms with E-state index in [2.05, 4.69) is 21.9 Å². The minimum absolute atomic E-state index is 0.0766. The lowest BCUT2D eigenvalue weighted by molar-refractivity contribution is 0.571. The molecule has 0 radical (unpaired) electrons. The van der Waals surface area contributed by atoms with Gasteiger partial charge in [-0.1, -0.05) is 23.4 Å². The molecule has 2 rings (SSSR count). The van der Waals surface area contributed by atoms with E-state index < -0.39 is 0 Å². The summed E-state index contributed by atoms with van der Waals surface area (Å²) in [6, 6.07) is 5.38. The van der Waals surface area contributed by atoms with Gasteiger partial charge in [0.05, 0.1) is 10.7 Å². The summed E-state index contributed by atoms with van der Waals surface area (Å²) < 4.78 is 1.43. The van der Waals surface area contributed by atoms with Crippen molar-refractivity contribution in [2.24, 2.45) is 5.41 Å². The van der Waals surface area contributed by atoms with Crippen LogP contribution in [0.25, 0.3) is 5.69 Å². The maximum absolute atomic E-state index is 6.23. The Balaban J connectivity index is 2.40. The number of hydrogen-bond donors (Lipinski definition) is 2. The number of anilines is 2. The fraction of sp³-hybridized carbons (Fsp3) is 0.286. The Hall–Kier alpha value is -2.19. The fourth-order valence-electron chi connectivity index (χ4n) is 1.52. The van der Waals surface area contributed by atoms with Crippen LogP contribution in [0.3, 0.4) is 0 Å². The third-order valence-corrected chi connectivity index (χ3v) is 2.73. The highest BCUT2D eigenvalue weighted by molar-refractivity contribution is 6.31. The maximum atomic E-state index is 6.23. The van der Waals surface area contributed by atoms with Crippen LogP contribution in [0.5, 0.6) is 0 Å². The molecule has 0 saturated heterocycles. The Morgan fingerprint density at radius 2 is 1.95 bits per heavy atom. The van der Waals surface area contributed by atoms with Crippen LogP contribution in [0.15, 0.2) is 18.2 Å². The van der Waals surface area contributed by atoms with Crippen molar-refractivity contribution in [2.75, 3.05) is 11.5 Å². The van der Waals surface area contributed by atoms with Gasteiger partial charge in [0.15, 0.2) is 0 Å². The molecule has 1 aromatic heterocycles. The van der Waals surface area contributed by atoms with Crippen LogP contribution in [0.4, 0.5) is 11.9 Å². The number of nitrogens with zero attached hydrogens (tertiary/aromatic N) is 3. The van der Waals surface area contributed by atoms with E-state index in [1.54, 1.807) is 6.07 Å². The molecule has 0 saturated carbocycles. The van der Waals surface area contributed by atoms with Crippen molar-refractivity contribution >= 4 is 23.5 Å². The molecular formula is C14H16ClN5.